The molecule has 1 fully saturated rings. The van der Waals surface area contributed by atoms with E-state index < -0.39 is 11.7 Å². The summed E-state index contributed by atoms with van der Waals surface area (Å²) in [5.74, 6) is 0.467. The fraction of sp³-hybridized carbons (Fsp3) is 0.333. The second-order valence-electron chi connectivity index (χ2n) is 7.80. The Morgan fingerprint density at radius 2 is 1.56 bits per heavy atom. The van der Waals surface area contributed by atoms with E-state index in [4.69, 9.17) is 4.74 Å². The summed E-state index contributed by atoms with van der Waals surface area (Å²) < 4.78 is 46.5. The fourth-order valence-electron chi connectivity index (χ4n) is 3.65. The zero-order valence-corrected chi connectivity index (χ0v) is 17.7. The second-order valence-corrected chi connectivity index (χ2v) is 7.80. The number of aryl methyl sites for hydroxylation is 1. The van der Waals surface area contributed by atoms with E-state index in [0.717, 1.165) is 43.9 Å². The molecule has 8 heteroatoms. The highest BCUT2D eigenvalue weighted by Crippen LogP contribution is 2.35. The molecule has 0 atom stereocenters. The Bertz CT molecular complexity index is 1030. The van der Waals surface area contributed by atoms with E-state index in [1.54, 1.807) is 24.3 Å². The van der Waals surface area contributed by atoms with E-state index in [2.05, 4.69) is 20.6 Å². The molecule has 5 nitrogen and oxygen atoms in total. The average molecular weight is 442 g/mol. The lowest BCUT2D eigenvalue weighted by molar-refractivity contribution is -0.137. The summed E-state index contributed by atoms with van der Waals surface area (Å²) in [7, 11) is 0. The Kier molecular flexibility index (Phi) is 6.48. The minimum Gasteiger partial charge on any atom is -0.490 e. The van der Waals surface area contributed by atoms with Crippen molar-refractivity contribution in [3.05, 3.63) is 65.9 Å². The summed E-state index contributed by atoms with van der Waals surface area (Å²) in [6.45, 7) is 2.05. The molecule has 168 valence electrons. The van der Waals surface area contributed by atoms with Gasteiger partial charge in [0.05, 0.1) is 6.10 Å². The molecule has 1 aliphatic carbocycles. The van der Waals surface area contributed by atoms with Crippen molar-refractivity contribution < 1.29 is 17.9 Å². The first-order valence-corrected chi connectivity index (χ1v) is 10.7. The molecule has 0 spiro atoms. The van der Waals surface area contributed by atoms with Gasteiger partial charge in [0, 0.05) is 17.6 Å². The Hall–Kier alpha value is -3.29. The van der Waals surface area contributed by atoms with Gasteiger partial charge >= 0.3 is 6.18 Å². The molecule has 1 aliphatic rings. The van der Waals surface area contributed by atoms with E-state index in [-0.39, 0.29) is 17.9 Å². The molecule has 0 saturated heterocycles. The van der Waals surface area contributed by atoms with Crippen LogP contribution in [0.1, 0.15) is 43.7 Å². The van der Waals surface area contributed by atoms with Gasteiger partial charge in [-0.05, 0) is 74.1 Å². The van der Waals surface area contributed by atoms with Crippen LogP contribution in [0.15, 0.2) is 54.7 Å². The maximum absolute atomic E-state index is 13.5. The predicted molar refractivity (Wildman–Crippen MR) is 119 cm³/mol. The van der Waals surface area contributed by atoms with Gasteiger partial charge in [-0.25, -0.2) is 4.98 Å². The summed E-state index contributed by atoms with van der Waals surface area (Å²) in [4.78, 5) is 7.95. The predicted octanol–water partition coefficient (Wildman–Crippen LogP) is 6.87. The molecule has 0 aliphatic heterocycles. The number of benzene rings is 2. The highest BCUT2D eigenvalue weighted by molar-refractivity contribution is 5.63. The molecule has 0 amide bonds. The molecule has 32 heavy (non-hydrogen) atoms. The quantitative estimate of drug-likeness (QED) is 0.418. The van der Waals surface area contributed by atoms with Crippen LogP contribution in [0.3, 0.4) is 0 Å². The van der Waals surface area contributed by atoms with Crippen LogP contribution in [-0.4, -0.2) is 16.1 Å². The first-order chi connectivity index (χ1) is 15.4. The number of aromatic nitrogens is 2. The van der Waals surface area contributed by atoms with Crippen LogP contribution in [0, 0.1) is 0 Å². The van der Waals surface area contributed by atoms with Gasteiger partial charge in [-0.3, -0.25) is 0 Å². The number of nitrogens with one attached hydrogen (secondary N) is 2. The van der Waals surface area contributed by atoms with Crippen molar-refractivity contribution in [1.29, 1.82) is 0 Å². The van der Waals surface area contributed by atoms with Crippen molar-refractivity contribution in [3.63, 3.8) is 0 Å². The summed E-state index contributed by atoms with van der Waals surface area (Å²) in [6.07, 6.45) is 1.71. The number of hydrogen-bond acceptors (Lipinski definition) is 5. The van der Waals surface area contributed by atoms with Crippen molar-refractivity contribution in [1.82, 2.24) is 9.97 Å². The fourth-order valence-corrected chi connectivity index (χ4v) is 3.65. The molecular formula is C24H25F3N4O. The van der Waals surface area contributed by atoms with Crippen LogP contribution >= 0.6 is 0 Å². The Balaban J connectivity index is 1.53. The lowest BCUT2D eigenvalue weighted by Crippen LogP contribution is -2.13. The highest BCUT2D eigenvalue weighted by Gasteiger charge is 2.35. The first-order valence-electron chi connectivity index (χ1n) is 10.7. The van der Waals surface area contributed by atoms with Crippen LogP contribution in [0.2, 0.25) is 0 Å². The molecule has 1 aromatic heterocycles. The Labute approximate surface area is 185 Å². The van der Waals surface area contributed by atoms with Gasteiger partial charge in [0.2, 0.25) is 5.95 Å². The lowest BCUT2D eigenvalue weighted by Gasteiger charge is -2.16. The van der Waals surface area contributed by atoms with Crippen LogP contribution in [0.25, 0.3) is 0 Å². The van der Waals surface area contributed by atoms with Crippen molar-refractivity contribution in [2.75, 3.05) is 10.6 Å². The maximum Gasteiger partial charge on any atom is 0.421 e. The molecule has 0 unspecified atom stereocenters. The van der Waals surface area contributed by atoms with Crippen molar-refractivity contribution in [3.8, 4) is 5.75 Å². The number of halogens is 3. The molecule has 1 saturated carbocycles. The average Bonchev–Trinajstić information content (AvgIpc) is 3.28. The van der Waals surface area contributed by atoms with Crippen LogP contribution in [-0.2, 0) is 12.6 Å². The first kappa shape index (κ1) is 21.9. The van der Waals surface area contributed by atoms with Gasteiger partial charge < -0.3 is 15.4 Å². The summed E-state index contributed by atoms with van der Waals surface area (Å²) >= 11 is 0. The van der Waals surface area contributed by atoms with Gasteiger partial charge in [0.25, 0.3) is 0 Å². The van der Waals surface area contributed by atoms with Gasteiger partial charge in [-0.1, -0.05) is 19.1 Å². The third-order valence-electron chi connectivity index (χ3n) is 5.43. The normalized spacial score (nSPS) is 14.4. The second kappa shape index (κ2) is 9.46. The summed E-state index contributed by atoms with van der Waals surface area (Å²) in [5, 5.41) is 5.74. The van der Waals surface area contributed by atoms with E-state index >= 15 is 0 Å². The third kappa shape index (κ3) is 5.49. The maximum atomic E-state index is 13.5. The van der Waals surface area contributed by atoms with Crippen LogP contribution in [0.4, 0.5) is 36.3 Å². The minimum absolute atomic E-state index is 0.0749. The molecule has 3 aromatic rings. The van der Waals surface area contributed by atoms with E-state index in [0.29, 0.717) is 17.1 Å². The molecule has 1 heterocycles. The van der Waals surface area contributed by atoms with Gasteiger partial charge in [-0.2, -0.15) is 18.2 Å². The topological polar surface area (TPSA) is 59.1 Å². The van der Waals surface area contributed by atoms with Gasteiger partial charge in [0.15, 0.2) is 0 Å². The largest absolute Gasteiger partial charge is 0.490 e. The number of hydrogen-bond donors (Lipinski definition) is 2. The summed E-state index contributed by atoms with van der Waals surface area (Å²) in [6, 6.07) is 14.5. The smallest absolute Gasteiger partial charge is 0.421 e. The van der Waals surface area contributed by atoms with E-state index in [9.17, 15) is 13.2 Å². The van der Waals surface area contributed by atoms with Crippen molar-refractivity contribution in [2.24, 2.45) is 0 Å². The number of alkyl halides is 3. The molecule has 2 aromatic carbocycles. The standard InChI is InChI=1S/C24H25F3N4O/c1-2-16-7-9-18(10-8-16)30-23-28-15-21(24(25,26)27)22(31-23)29-17-11-13-20(14-12-17)32-19-5-3-4-6-19/h7-15,19H,2-6H2,1H3,(H2,28,29,30,31). The van der Waals surface area contributed by atoms with Crippen LogP contribution < -0.4 is 15.4 Å². The van der Waals surface area contributed by atoms with E-state index in [1.807, 2.05) is 31.2 Å². The number of rotatable bonds is 7. The Morgan fingerprint density at radius 1 is 0.938 bits per heavy atom. The molecule has 0 radical (unpaired) electrons. The van der Waals surface area contributed by atoms with Gasteiger partial charge in [0.1, 0.15) is 17.1 Å². The zero-order chi connectivity index (χ0) is 22.6. The third-order valence-corrected chi connectivity index (χ3v) is 5.43. The molecule has 4 rings (SSSR count). The SMILES string of the molecule is CCc1ccc(Nc2ncc(C(F)(F)F)c(Nc3ccc(OC4CCCC4)cc3)n2)cc1. The zero-order valence-electron chi connectivity index (χ0n) is 17.7. The Morgan fingerprint density at radius 3 is 2.19 bits per heavy atom. The molecule has 2 N–H and O–H groups in total. The summed E-state index contributed by atoms with van der Waals surface area (Å²) in [5.41, 5.74) is 1.40. The highest BCUT2D eigenvalue weighted by atomic mass is 19.4. The van der Waals surface area contributed by atoms with Crippen molar-refractivity contribution >= 4 is 23.1 Å². The lowest BCUT2D eigenvalue weighted by atomic mass is 10.1. The molecule has 0 bridgehead atoms. The van der Waals surface area contributed by atoms with Crippen LogP contribution in [0.5, 0.6) is 5.75 Å². The van der Waals surface area contributed by atoms with Crippen molar-refractivity contribution in [2.45, 2.75) is 51.3 Å². The monoisotopic (exact) mass is 442 g/mol. The number of nitrogens with zero attached hydrogens (tertiary/aromatic N) is 2. The number of anilines is 4. The van der Waals surface area contributed by atoms with Gasteiger partial charge in [-0.15, -0.1) is 0 Å². The molecular weight excluding hydrogens is 417 g/mol. The minimum atomic E-state index is -4.59. The number of ether oxygens (including phenoxy) is 1. The van der Waals surface area contributed by atoms with E-state index in [1.165, 1.54) is 0 Å².